The molecular weight excluding hydrogens is 278 g/mol. The number of aromatic nitrogens is 2. The predicted molar refractivity (Wildman–Crippen MR) is 85.1 cm³/mol. The predicted octanol–water partition coefficient (Wildman–Crippen LogP) is 2.45. The molecular formula is C17H23N3O2. The van der Waals surface area contributed by atoms with Gasteiger partial charge in [-0.15, -0.1) is 0 Å². The largest absolute Gasteiger partial charge is 0.462 e. The van der Waals surface area contributed by atoms with E-state index in [9.17, 15) is 4.79 Å². The number of aryl methyl sites for hydroxylation is 2. The molecule has 118 valence electrons. The van der Waals surface area contributed by atoms with Gasteiger partial charge in [0.2, 0.25) is 0 Å². The Morgan fingerprint density at radius 2 is 2.18 bits per heavy atom. The van der Waals surface area contributed by atoms with Gasteiger partial charge in [-0.3, -0.25) is 0 Å². The summed E-state index contributed by atoms with van der Waals surface area (Å²) in [6, 6.07) is 4.40. The van der Waals surface area contributed by atoms with Crippen molar-refractivity contribution in [2.45, 2.75) is 33.2 Å². The smallest absolute Gasteiger partial charge is 0.342 e. The summed E-state index contributed by atoms with van der Waals surface area (Å²) in [6.45, 7) is 7.77. The molecule has 5 nitrogen and oxygen atoms in total. The summed E-state index contributed by atoms with van der Waals surface area (Å²) >= 11 is 0. The Labute approximate surface area is 130 Å². The average Bonchev–Trinajstić information content (AvgIpc) is 3.06. The highest BCUT2D eigenvalue weighted by Crippen LogP contribution is 2.23. The monoisotopic (exact) mass is 301 g/mol. The molecule has 3 rings (SSSR count). The van der Waals surface area contributed by atoms with Gasteiger partial charge in [0.05, 0.1) is 18.3 Å². The Balaban J connectivity index is 1.74. The van der Waals surface area contributed by atoms with Crippen molar-refractivity contribution in [3.05, 3.63) is 35.2 Å². The van der Waals surface area contributed by atoms with Crippen molar-refractivity contribution in [3.63, 3.8) is 0 Å². The molecule has 0 amide bonds. The Bertz CT molecular complexity index is 707. The van der Waals surface area contributed by atoms with Gasteiger partial charge < -0.3 is 9.64 Å². The Morgan fingerprint density at radius 3 is 2.86 bits per heavy atom. The zero-order valence-corrected chi connectivity index (χ0v) is 13.7. The molecule has 0 N–H and O–H groups in total. The van der Waals surface area contributed by atoms with Crippen LogP contribution in [-0.4, -0.2) is 46.7 Å². The van der Waals surface area contributed by atoms with Crippen LogP contribution in [0.4, 0.5) is 0 Å². The van der Waals surface area contributed by atoms with Crippen LogP contribution >= 0.6 is 0 Å². The third-order valence-corrected chi connectivity index (χ3v) is 5.06. The number of hydrogen-bond donors (Lipinski definition) is 0. The van der Waals surface area contributed by atoms with Gasteiger partial charge in [0.15, 0.2) is 0 Å². The van der Waals surface area contributed by atoms with Gasteiger partial charge >= 0.3 is 5.97 Å². The van der Waals surface area contributed by atoms with Crippen LogP contribution in [0.1, 0.15) is 35.0 Å². The molecule has 0 aliphatic carbocycles. The number of pyridine rings is 1. The molecule has 22 heavy (non-hydrogen) atoms. The number of hydrogen-bond acceptors (Lipinski definition) is 4. The molecule has 2 atom stereocenters. The summed E-state index contributed by atoms with van der Waals surface area (Å²) in [4.78, 5) is 14.7. The molecule has 2 aromatic rings. The highest BCUT2D eigenvalue weighted by molar-refractivity contribution is 5.96. The molecule has 0 unspecified atom stereocenters. The fourth-order valence-electron chi connectivity index (χ4n) is 3.09. The van der Waals surface area contributed by atoms with Crippen molar-refractivity contribution in [3.8, 4) is 0 Å². The van der Waals surface area contributed by atoms with E-state index in [2.05, 4.69) is 24.0 Å². The zero-order chi connectivity index (χ0) is 15.9. The first-order valence-corrected chi connectivity index (χ1v) is 7.80. The quantitative estimate of drug-likeness (QED) is 0.817. The van der Waals surface area contributed by atoms with Crippen LogP contribution in [0.3, 0.4) is 0 Å². The lowest BCUT2D eigenvalue weighted by atomic mass is 10.0. The lowest BCUT2D eigenvalue weighted by Crippen LogP contribution is -2.28. The first-order valence-electron chi connectivity index (χ1n) is 7.80. The molecule has 1 saturated heterocycles. The zero-order valence-electron chi connectivity index (χ0n) is 13.7. The molecule has 1 aliphatic rings. The standard InChI is InChI=1S/C17H23N3O2/c1-11-5-6-16-15(9-18-20(16)12(11)2)17(21)22-10-14-7-8-19(4)13(14)3/h5-6,9,13-14H,7-8,10H2,1-4H3/t13-,14+/m1/s1. The molecule has 0 saturated carbocycles. The van der Waals surface area contributed by atoms with Gasteiger partial charge in [-0.25, -0.2) is 9.31 Å². The third-order valence-electron chi connectivity index (χ3n) is 5.06. The van der Waals surface area contributed by atoms with Crippen LogP contribution in [0.25, 0.3) is 5.52 Å². The minimum atomic E-state index is -0.278. The van der Waals surface area contributed by atoms with Crippen molar-refractivity contribution in [1.29, 1.82) is 0 Å². The number of ether oxygens (including phenoxy) is 1. The van der Waals surface area contributed by atoms with E-state index >= 15 is 0 Å². The molecule has 0 spiro atoms. The number of carbonyl (C=O) groups excluding carboxylic acids is 1. The number of carbonyl (C=O) groups is 1. The van der Waals surface area contributed by atoms with Gasteiger partial charge in [0.1, 0.15) is 5.56 Å². The van der Waals surface area contributed by atoms with E-state index in [4.69, 9.17) is 4.74 Å². The molecule has 2 aromatic heterocycles. The SMILES string of the molecule is Cc1ccc2c(C(=O)OC[C@@H]3CCN(C)[C@@H]3C)cnn2c1C. The fraction of sp³-hybridized carbons (Fsp3) is 0.529. The number of likely N-dealkylation sites (tertiary alicyclic amines) is 1. The van der Waals surface area contributed by atoms with Crippen molar-refractivity contribution < 1.29 is 9.53 Å². The number of nitrogens with zero attached hydrogens (tertiary/aromatic N) is 3. The summed E-state index contributed by atoms with van der Waals surface area (Å²) in [5, 5.41) is 4.31. The van der Waals surface area contributed by atoms with Gasteiger partial charge in [0.25, 0.3) is 0 Å². The first kappa shape index (κ1) is 15.0. The van der Waals surface area contributed by atoms with E-state index in [1.807, 2.05) is 26.0 Å². The minimum Gasteiger partial charge on any atom is -0.462 e. The van der Waals surface area contributed by atoms with Gasteiger partial charge in [0, 0.05) is 17.7 Å². The summed E-state index contributed by atoms with van der Waals surface area (Å²) in [7, 11) is 2.11. The molecule has 0 bridgehead atoms. The molecule has 0 aromatic carbocycles. The molecule has 1 aliphatic heterocycles. The van der Waals surface area contributed by atoms with Crippen LogP contribution in [0.2, 0.25) is 0 Å². The topological polar surface area (TPSA) is 46.8 Å². The van der Waals surface area contributed by atoms with E-state index < -0.39 is 0 Å². The third kappa shape index (κ3) is 2.50. The summed E-state index contributed by atoms with van der Waals surface area (Å²) < 4.78 is 7.35. The van der Waals surface area contributed by atoms with E-state index in [-0.39, 0.29) is 5.97 Å². The van der Waals surface area contributed by atoms with Gasteiger partial charge in [-0.05, 0) is 52.4 Å². The number of rotatable bonds is 3. The van der Waals surface area contributed by atoms with E-state index in [0.717, 1.165) is 29.7 Å². The maximum atomic E-state index is 12.4. The summed E-state index contributed by atoms with van der Waals surface area (Å²) in [5.74, 6) is 0.139. The maximum Gasteiger partial charge on any atom is 0.342 e. The Hall–Kier alpha value is -1.88. The number of fused-ring (bicyclic) bond motifs is 1. The summed E-state index contributed by atoms with van der Waals surface area (Å²) in [6.07, 6.45) is 2.69. The van der Waals surface area contributed by atoms with Crippen molar-refractivity contribution in [2.24, 2.45) is 5.92 Å². The van der Waals surface area contributed by atoms with Crippen LogP contribution in [0.5, 0.6) is 0 Å². The second-order valence-electron chi connectivity index (χ2n) is 6.33. The van der Waals surface area contributed by atoms with Crippen LogP contribution in [-0.2, 0) is 4.74 Å². The normalized spacial score (nSPS) is 22.4. The molecule has 3 heterocycles. The van der Waals surface area contributed by atoms with Crippen LogP contribution < -0.4 is 0 Å². The highest BCUT2D eigenvalue weighted by Gasteiger charge is 2.29. The van der Waals surface area contributed by atoms with E-state index in [1.165, 1.54) is 0 Å². The Kier molecular flexibility index (Phi) is 3.91. The van der Waals surface area contributed by atoms with E-state index in [0.29, 0.717) is 24.1 Å². The lowest BCUT2D eigenvalue weighted by molar-refractivity contribution is 0.0422. The molecule has 5 heteroatoms. The van der Waals surface area contributed by atoms with Crippen molar-refractivity contribution in [2.75, 3.05) is 20.2 Å². The van der Waals surface area contributed by atoms with E-state index in [1.54, 1.807) is 10.7 Å². The molecule has 0 radical (unpaired) electrons. The number of esters is 1. The highest BCUT2D eigenvalue weighted by atomic mass is 16.5. The van der Waals surface area contributed by atoms with Gasteiger partial charge in [-0.1, -0.05) is 6.07 Å². The van der Waals surface area contributed by atoms with Gasteiger partial charge in [-0.2, -0.15) is 5.10 Å². The second kappa shape index (κ2) is 5.72. The van der Waals surface area contributed by atoms with Crippen molar-refractivity contribution in [1.82, 2.24) is 14.5 Å². The maximum absolute atomic E-state index is 12.4. The second-order valence-corrected chi connectivity index (χ2v) is 6.33. The first-order chi connectivity index (χ1) is 10.5. The molecule has 1 fully saturated rings. The van der Waals surface area contributed by atoms with Crippen LogP contribution in [0, 0.1) is 19.8 Å². The van der Waals surface area contributed by atoms with Crippen molar-refractivity contribution >= 4 is 11.5 Å². The fourth-order valence-corrected chi connectivity index (χ4v) is 3.09. The van der Waals surface area contributed by atoms with Crippen LogP contribution in [0.15, 0.2) is 18.3 Å². The average molecular weight is 301 g/mol. The Morgan fingerprint density at radius 1 is 1.41 bits per heavy atom. The summed E-state index contributed by atoms with van der Waals surface area (Å²) in [5.41, 5.74) is 3.55. The lowest BCUT2D eigenvalue weighted by Gasteiger charge is -2.20. The minimum absolute atomic E-state index is 0.278.